The molecule has 2 nitrogen and oxygen atoms in total. The molecule has 2 aromatic carbocycles. The third kappa shape index (κ3) is 3.28. The van der Waals surface area contributed by atoms with Crippen LogP contribution in [-0.4, -0.2) is 5.91 Å². The summed E-state index contributed by atoms with van der Waals surface area (Å²) in [4.78, 5) is 12.1. The Morgan fingerprint density at radius 3 is 2.47 bits per heavy atom. The average Bonchev–Trinajstić information content (AvgIpc) is 2.44. The molecule has 0 aromatic heterocycles. The van der Waals surface area contributed by atoms with Crippen molar-refractivity contribution in [1.82, 2.24) is 0 Å². The van der Waals surface area contributed by atoms with E-state index in [2.05, 4.69) is 5.32 Å². The van der Waals surface area contributed by atoms with Gasteiger partial charge in [0.2, 0.25) is 5.91 Å². The van der Waals surface area contributed by atoms with Gasteiger partial charge in [0, 0.05) is 10.7 Å². The van der Waals surface area contributed by atoms with E-state index >= 15 is 0 Å². The van der Waals surface area contributed by atoms with E-state index < -0.39 is 5.38 Å². The number of carbonyl (C=O) groups excluding carboxylic acids is 1. The van der Waals surface area contributed by atoms with Crippen LogP contribution in [0.3, 0.4) is 0 Å². The van der Waals surface area contributed by atoms with Crippen molar-refractivity contribution in [3.8, 4) is 0 Å². The van der Waals surface area contributed by atoms with Gasteiger partial charge in [0.05, 0.1) is 0 Å². The lowest BCUT2D eigenvalue weighted by molar-refractivity contribution is -0.116. The first-order valence-corrected chi connectivity index (χ1v) is 6.66. The minimum atomic E-state index is -0.723. The van der Waals surface area contributed by atoms with Crippen LogP contribution in [0.2, 0.25) is 5.02 Å². The van der Waals surface area contributed by atoms with Crippen molar-refractivity contribution in [2.45, 2.75) is 12.3 Å². The maximum absolute atomic E-state index is 12.1. The topological polar surface area (TPSA) is 29.1 Å². The minimum Gasteiger partial charge on any atom is -0.324 e. The fourth-order valence-electron chi connectivity index (χ4n) is 1.71. The first-order chi connectivity index (χ1) is 9.09. The number of hydrogen-bond donors (Lipinski definition) is 1. The number of anilines is 1. The molecule has 19 heavy (non-hydrogen) atoms. The summed E-state index contributed by atoms with van der Waals surface area (Å²) in [5.74, 6) is -0.266. The zero-order chi connectivity index (χ0) is 13.8. The molecular weight excluding hydrogens is 281 g/mol. The van der Waals surface area contributed by atoms with Crippen molar-refractivity contribution in [3.05, 3.63) is 64.7 Å². The normalized spacial score (nSPS) is 11.9. The Hall–Kier alpha value is -1.51. The third-order valence-electron chi connectivity index (χ3n) is 2.85. The molecule has 1 amide bonds. The van der Waals surface area contributed by atoms with Crippen molar-refractivity contribution in [3.63, 3.8) is 0 Å². The van der Waals surface area contributed by atoms with Gasteiger partial charge in [-0.3, -0.25) is 4.79 Å². The Morgan fingerprint density at radius 2 is 1.79 bits per heavy atom. The Balaban J connectivity index is 2.15. The summed E-state index contributed by atoms with van der Waals surface area (Å²) < 4.78 is 0. The first kappa shape index (κ1) is 13.9. The van der Waals surface area contributed by atoms with Gasteiger partial charge in [-0.15, -0.1) is 11.6 Å². The molecule has 0 saturated carbocycles. The first-order valence-electron chi connectivity index (χ1n) is 5.84. The highest BCUT2D eigenvalue weighted by Crippen LogP contribution is 2.26. The van der Waals surface area contributed by atoms with Crippen LogP contribution in [0, 0.1) is 6.92 Å². The van der Waals surface area contributed by atoms with Gasteiger partial charge in [-0.05, 0) is 30.2 Å². The lowest BCUT2D eigenvalue weighted by Gasteiger charge is -2.13. The number of nitrogens with one attached hydrogen (secondary N) is 1. The molecule has 0 fully saturated rings. The molecule has 0 aliphatic carbocycles. The number of alkyl halides is 1. The van der Waals surface area contributed by atoms with E-state index in [9.17, 15) is 4.79 Å². The molecule has 0 unspecified atom stereocenters. The monoisotopic (exact) mass is 293 g/mol. The summed E-state index contributed by atoms with van der Waals surface area (Å²) >= 11 is 12.2. The summed E-state index contributed by atoms with van der Waals surface area (Å²) in [6.45, 7) is 1.85. The number of rotatable bonds is 3. The van der Waals surface area contributed by atoms with E-state index in [0.29, 0.717) is 10.7 Å². The fourth-order valence-corrected chi connectivity index (χ4v) is 2.09. The quantitative estimate of drug-likeness (QED) is 0.826. The maximum atomic E-state index is 12.1. The molecule has 0 heterocycles. The largest absolute Gasteiger partial charge is 0.324 e. The number of carbonyl (C=O) groups is 1. The zero-order valence-electron chi connectivity index (χ0n) is 10.4. The van der Waals surface area contributed by atoms with Gasteiger partial charge in [-0.2, -0.15) is 0 Å². The van der Waals surface area contributed by atoms with E-state index in [1.54, 1.807) is 18.2 Å². The Bertz CT molecular complexity index is 584. The molecule has 2 aromatic rings. The number of benzene rings is 2. The van der Waals surface area contributed by atoms with E-state index in [0.717, 1.165) is 11.1 Å². The molecule has 2 rings (SSSR count). The highest BCUT2D eigenvalue weighted by molar-refractivity contribution is 6.33. The van der Waals surface area contributed by atoms with Crippen LogP contribution in [0.15, 0.2) is 48.5 Å². The summed E-state index contributed by atoms with van der Waals surface area (Å²) in [5.41, 5.74) is 2.27. The molecular formula is C15H13Cl2NO. The third-order valence-corrected chi connectivity index (χ3v) is 3.71. The average molecular weight is 294 g/mol. The van der Waals surface area contributed by atoms with Gasteiger partial charge in [0.15, 0.2) is 0 Å². The van der Waals surface area contributed by atoms with E-state index in [-0.39, 0.29) is 5.91 Å². The summed E-state index contributed by atoms with van der Waals surface area (Å²) in [6, 6.07) is 14.6. The second-order valence-corrected chi connectivity index (χ2v) is 5.02. The summed E-state index contributed by atoms with van der Waals surface area (Å²) in [6.07, 6.45) is 0. The van der Waals surface area contributed by atoms with Crippen LogP contribution in [0.1, 0.15) is 16.5 Å². The molecule has 0 bridgehead atoms. The van der Waals surface area contributed by atoms with Crippen molar-refractivity contribution >= 4 is 34.8 Å². The molecule has 0 aliphatic rings. The molecule has 0 radical (unpaired) electrons. The van der Waals surface area contributed by atoms with Gasteiger partial charge in [0.1, 0.15) is 5.38 Å². The Morgan fingerprint density at radius 1 is 1.11 bits per heavy atom. The molecule has 4 heteroatoms. The molecule has 1 N–H and O–H groups in total. The van der Waals surface area contributed by atoms with Crippen LogP contribution in [0.5, 0.6) is 0 Å². The number of hydrogen-bond acceptors (Lipinski definition) is 1. The second-order valence-electron chi connectivity index (χ2n) is 4.17. The maximum Gasteiger partial charge on any atom is 0.246 e. The van der Waals surface area contributed by atoms with E-state index in [4.69, 9.17) is 23.2 Å². The zero-order valence-corrected chi connectivity index (χ0v) is 11.9. The number of halogens is 2. The van der Waals surface area contributed by atoms with Crippen molar-refractivity contribution in [2.24, 2.45) is 0 Å². The van der Waals surface area contributed by atoms with Gasteiger partial charge in [0.25, 0.3) is 0 Å². The fraction of sp³-hybridized carbons (Fsp3) is 0.133. The molecule has 98 valence electrons. The van der Waals surface area contributed by atoms with Crippen molar-refractivity contribution < 1.29 is 4.79 Å². The smallest absolute Gasteiger partial charge is 0.246 e. The van der Waals surface area contributed by atoms with Crippen LogP contribution in [-0.2, 0) is 4.79 Å². The SMILES string of the molecule is Cc1c(Cl)cccc1NC(=O)[C@H](Cl)c1ccccc1. The van der Waals surface area contributed by atoms with Crippen LogP contribution < -0.4 is 5.32 Å². The molecule has 0 aliphatic heterocycles. The van der Waals surface area contributed by atoms with Gasteiger partial charge < -0.3 is 5.32 Å². The summed E-state index contributed by atoms with van der Waals surface area (Å²) in [5, 5.41) is 2.69. The highest BCUT2D eigenvalue weighted by atomic mass is 35.5. The molecule has 0 spiro atoms. The highest BCUT2D eigenvalue weighted by Gasteiger charge is 2.18. The molecule has 1 atom stereocenters. The Kier molecular flexibility index (Phi) is 4.46. The van der Waals surface area contributed by atoms with E-state index in [1.807, 2.05) is 37.3 Å². The second kappa shape index (κ2) is 6.09. The van der Waals surface area contributed by atoms with Crippen LogP contribution >= 0.6 is 23.2 Å². The van der Waals surface area contributed by atoms with Crippen molar-refractivity contribution in [2.75, 3.05) is 5.32 Å². The van der Waals surface area contributed by atoms with Gasteiger partial charge in [-0.25, -0.2) is 0 Å². The minimum absolute atomic E-state index is 0.266. The Labute approximate surface area is 122 Å². The predicted molar refractivity (Wildman–Crippen MR) is 79.9 cm³/mol. The predicted octanol–water partition coefficient (Wildman–Crippen LogP) is 4.57. The van der Waals surface area contributed by atoms with Gasteiger partial charge in [-0.1, -0.05) is 48.0 Å². The summed E-state index contributed by atoms with van der Waals surface area (Å²) in [7, 11) is 0. The van der Waals surface area contributed by atoms with Crippen LogP contribution in [0.25, 0.3) is 0 Å². The number of amides is 1. The molecule has 0 saturated heterocycles. The van der Waals surface area contributed by atoms with Crippen LogP contribution in [0.4, 0.5) is 5.69 Å². The van der Waals surface area contributed by atoms with Gasteiger partial charge >= 0.3 is 0 Å². The van der Waals surface area contributed by atoms with Crippen molar-refractivity contribution in [1.29, 1.82) is 0 Å². The lowest BCUT2D eigenvalue weighted by Crippen LogP contribution is -2.17. The standard InChI is InChI=1S/C15H13Cl2NO/c1-10-12(16)8-5-9-13(10)18-15(19)14(17)11-6-3-2-4-7-11/h2-9,14H,1H3,(H,18,19)/t14-/m1/s1. The van der Waals surface area contributed by atoms with E-state index in [1.165, 1.54) is 0 Å². The lowest BCUT2D eigenvalue weighted by atomic mass is 10.1.